The zero-order valence-electron chi connectivity index (χ0n) is 17.7. The summed E-state index contributed by atoms with van der Waals surface area (Å²) in [5.41, 5.74) is 0. The first-order valence-electron chi connectivity index (χ1n) is 9.24. The fraction of sp³-hybridized carbons (Fsp3) is 0.650. The molecule has 0 aromatic heterocycles. The van der Waals surface area contributed by atoms with E-state index in [1.807, 2.05) is 48.5 Å². The normalized spacial score (nSPS) is 16.7. The molecule has 0 bridgehead atoms. The predicted molar refractivity (Wildman–Crippen MR) is 102 cm³/mol. The Kier molecular flexibility index (Phi) is 22.0. The van der Waals surface area contributed by atoms with Crippen molar-refractivity contribution in [3.63, 3.8) is 0 Å². The smallest absolute Gasteiger partial charge is 0.304 e. The van der Waals surface area contributed by atoms with Crippen LogP contribution in [0.4, 0.5) is 8.78 Å². The average Bonchev–Trinajstić information content (AvgIpc) is 3.07. The van der Waals surface area contributed by atoms with Crippen molar-refractivity contribution < 1.29 is 27.8 Å². The summed E-state index contributed by atoms with van der Waals surface area (Å²) in [6.45, 7) is 15.4. The van der Waals surface area contributed by atoms with Crippen LogP contribution in [-0.2, 0) is 14.3 Å². The molecule has 1 saturated heterocycles. The minimum Gasteiger partial charge on any atom is -0.494 e. The van der Waals surface area contributed by atoms with Crippen molar-refractivity contribution in [2.45, 2.75) is 80.6 Å². The fourth-order valence-corrected chi connectivity index (χ4v) is 1.68. The standard InChI is InChI=1S/C7H6F2O.C7H12O3.3C2H6/c1-10-6-4-2-3-5(8)7(6)9;1-5-3-4-7(9-5)10-6(2)8;3*1-2/h2-4H,1H3;5,7H,3-4H2,1-2H3;3*1-2H3. The van der Waals surface area contributed by atoms with Crippen molar-refractivity contribution in [2.75, 3.05) is 7.11 Å². The van der Waals surface area contributed by atoms with Crippen LogP contribution < -0.4 is 4.74 Å². The van der Waals surface area contributed by atoms with Crippen molar-refractivity contribution in [1.29, 1.82) is 0 Å². The summed E-state index contributed by atoms with van der Waals surface area (Å²) >= 11 is 0. The quantitative estimate of drug-likeness (QED) is 0.581. The lowest BCUT2D eigenvalue weighted by atomic mass is 10.3. The van der Waals surface area contributed by atoms with E-state index in [1.165, 1.54) is 26.2 Å². The lowest BCUT2D eigenvalue weighted by Gasteiger charge is -2.09. The summed E-state index contributed by atoms with van der Waals surface area (Å²) in [7, 11) is 1.29. The highest BCUT2D eigenvalue weighted by Gasteiger charge is 2.23. The van der Waals surface area contributed by atoms with Crippen LogP contribution in [0.15, 0.2) is 18.2 Å². The van der Waals surface area contributed by atoms with Crippen LogP contribution in [0.25, 0.3) is 0 Å². The monoisotopic (exact) mass is 378 g/mol. The van der Waals surface area contributed by atoms with E-state index in [-0.39, 0.29) is 24.1 Å². The topological polar surface area (TPSA) is 44.8 Å². The Balaban J connectivity index is -0.000000316. The van der Waals surface area contributed by atoms with Crippen molar-refractivity contribution in [3.8, 4) is 5.75 Å². The maximum atomic E-state index is 12.5. The SMILES string of the molecule is CC.CC.CC.CC(=O)OC1CCC(C)O1.COc1cccc(F)c1F. The van der Waals surface area contributed by atoms with Crippen molar-refractivity contribution in [3.05, 3.63) is 29.8 Å². The van der Waals surface area contributed by atoms with Gasteiger partial charge in [0.2, 0.25) is 12.1 Å². The number of benzene rings is 1. The van der Waals surface area contributed by atoms with Crippen LogP contribution in [0.2, 0.25) is 0 Å². The Labute approximate surface area is 157 Å². The third kappa shape index (κ3) is 13.6. The molecule has 4 nitrogen and oxygen atoms in total. The second-order valence-electron chi connectivity index (χ2n) is 4.32. The third-order valence-electron chi connectivity index (χ3n) is 2.63. The van der Waals surface area contributed by atoms with Gasteiger partial charge in [-0.15, -0.1) is 0 Å². The van der Waals surface area contributed by atoms with Crippen LogP contribution in [-0.4, -0.2) is 25.5 Å². The maximum Gasteiger partial charge on any atom is 0.304 e. The number of halogens is 2. The number of carbonyl (C=O) groups excluding carboxylic acids is 1. The summed E-state index contributed by atoms with van der Waals surface area (Å²) in [5.74, 6) is -2.16. The van der Waals surface area contributed by atoms with Crippen molar-refractivity contribution >= 4 is 5.97 Å². The molecule has 1 aromatic rings. The van der Waals surface area contributed by atoms with E-state index in [9.17, 15) is 13.6 Å². The minimum atomic E-state index is -0.940. The van der Waals surface area contributed by atoms with E-state index in [2.05, 4.69) is 4.74 Å². The highest BCUT2D eigenvalue weighted by atomic mass is 19.2. The lowest BCUT2D eigenvalue weighted by molar-refractivity contribution is -0.171. The van der Waals surface area contributed by atoms with Crippen molar-refractivity contribution in [1.82, 2.24) is 0 Å². The Bertz CT molecular complexity index is 453. The molecule has 1 aliphatic heterocycles. The zero-order chi connectivity index (χ0) is 21.1. The Morgan fingerprint density at radius 3 is 1.96 bits per heavy atom. The summed E-state index contributed by atoms with van der Waals surface area (Å²) in [5, 5.41) is 0. The van der Waals surface area contributed by atoms with E-state index in [4.69, 9.17) is 9.47 Å². The molecule has 2 rings (SSSR count). The Hall–Kier alpha value is -1.69. The van der Waals surface area contributed by atoms with E-state index >= 15 is 0 Å². The molecule has 0 amide bonds. The second-order valence-corrected chi connectivity index (χ2v) is 4.32. The van der Waals surface area contributed by atoms with Gasteiger partial charge >= 0.3 is 5.97 Å². The van der Waals surface area contributed by atoms with Gasteiger partial charge in [0.1, 0.15) is 0 Å². The van der Waals surface area contributed by atoms with E-state index < -0.39 is 11.6 Å². The number of carbonyl (C=O) groups is 1. The Morgan fingerprint density at radius 2 is 1.62 bits per heavy atom. The van der Waals surface area contributed by atoms with Gasteiger partial charge in [0, 0.05) is 13.3 Å². The molecular formula is C20H36F2O4. The maximum absolute atomic E-state index is 12.5. The van der Waals surface area contributed by atoms with Crippen LogP contribution in [0.3, 0.4) is 0 Å². The van der Waals surface area contributed by atoms with Gasteiger partial charge in [-0.25, -0.2) is 4.39 Å². The zero-order valence-corrected chi connectivity index (χ0v) is 17.7. The molecule has 0 spiro atoms. The summed E-state index contributed by atoms with van der Waals surface area (Å²) < 4.78 is 39.4. The summed E-state index contributed by atoms with van der Waals surface area (Å²) in [4.78, 5) is 10.4. The van der Waals surface area contributed by atoms with Crippen LogP contribution in [0.5, 0.6) is 5.75 Å². The minimum absolute atomic E-state index is 0.0694. The van der Waals surface area contributed by atoms with Crippen LogP contribution in [0.1, 0.15) is 68.2 Å². The van der Waals surface area contributed by atoms with Gasteiger partial charge < -0.3 is 14.2 Å². The molecule has 1 fully saturated rings. The molecule has 0 N–H and O–H groups in total. The summed E-state index contributed by atoms with van der Waals surface area (Å²) in [6, 6.07) is 3.79. The van der Waals surface area contributed by atoms with Crippen LogP contribution in [0, 0.1) is 11.6 Å². The molecule has 1 aliphatic rings. The first-order valence-corrected chi connectivity index (χ1v) is 9.24. The number of esters is 1. The van der Waals surface area contributed by atoms with Gasteiger partial charge in [0.25, 0.3) is 0 Å². The Morgan fingerprint density at radius 1 is 1.08 bits per heavy atom. The largest absolute Gasteiger partial charge is 0.494 e. The molecule has 6 heteroatoms. The second kappa shape index (κ2) is 19.6. The van der Waals surface area contributed by atoms with Gasteiger partial charge in [-0.05, 0) is 25.5 Å². The molecule has 2 unspecified atom stereocenters. The number of hydrogen-bond acceptors (Lipinski definition) is 4. The summed E-state index contributed by atoms with van der Waals surface area (Å²) in [6.07, 6.45) is 1.77. The number of methoxy groups -OCH3 is 1. The lowest BCUT2D eigenvalue weighted by Crippen LogP contribution is -2.15. The molecule has 2 atom stereocenters. The number of rotatable bonds is 2. The van der Waals surface area contributed by atoms with Gasteiger partial charge in [-0.1, -0.05) is 47.6 Å². The van der Waals surface area contributed by atoms with Gasteiger partial charge in [0.05, 0.1) is 13.2 Å². The third-order valence-corrected chi connectivity index (χ3v) is 2.63. The van der Waals surface area contributed by atoms with Gasteiger partial charge in [-0.3, -0.25) is 4.79 Å². The van der Waals surface area contributed by atoms with Crippen LogP contribution >= 0.6 is 0 Å². The average molecular weight is 379 g/mol. The highest BCUT2D eigenvalue weighted by molar-refractivity contribution is 5.66. The molecule has 1 aromatic carbocycles. The molecule has 154 valence electrons. The number of hydrogen-bond donors (Lipinski definition) is 0. The molecular weight excluding hydrogens is 342 g/mol. The molecule has 26 heavy (non-hydrogen) atoms. The highest BCUT2D eigenvalue weighted by Crippen LogP contribution is 2.19. The molecule has 1 heterocycles. The molecule has 0 aliphatic carbocycles. The fourth-order valence-electron chi connectivity index (χ4n) is 1.68. The molecule has 0 radical (unpaired) electrons. The van der Waals surface area contributed by atoms with Crippen molar-refractivity contribution in [2.24, 2.45) is 0 Å². The first kappa shape index (κ1) is 29.1. The van der Waals surface area contributed by atoms with Gasteiger partial charge in [0.15, 0.2) is 11.6 Å². The van der Waals surface area contributed by atoms with Gasteiger partial charge in [-0.2, -0.15) is 4.39 Å². The predicted octanol–water partition coefficient (Wildman–Crippen LogP) is 6.13. The van der Waals surface area contributed by atoms with E-state index in [0.717, 1.165) is 18.9 Å². The van der Waals surface area contributed by atoms with E-state index in [0.29, 0.717) is 0 Å². The van der Waals surface area contributed by atoms with E-state index in [1.54, 1.807) is 0 Å². The first-order chi connectivity index (χ1) is 12.4. The number of ether oxygens (including phenoxy) is 3. The molecule has 0 saturated carbocycles.